The van der Waals surface area contributed by atoms with Gasteiger partial charge in [0.15, 0.2) is 5.13 Å². The first-order chi connectivity index (χ1) is 16.3. The van der Waals surface area contributed by atoms with Crippen LogP contribution in [0.1, 0.15) is 38.2 Å². The Labute approximate surface area is 200 Å². The molecule has 3 aromatic carbocycles. The van der Waals surface area contributed by atoms with Gasteiger partial charge in [-0.3, -0.25) is 9.69 Å². The van der Waals surface area contributed by atoms with Crippen LogP contribution >= 0.6 is 11.3 Å². The lowest BCUT2D eigenvalue weighted by Gasteiger charge is -2.21. The molecule has 0 unspecified atom stereocenters. The molecule has 1 amide bonds. The van der Waals surface area contributed by atoms with E-state index in [1.807, 2.05) is 26.0 Å². The molecular weight excluding hydrogens is 490 g/mol. The van der Waals surface area contributed by atoms with E-state index in [-0.39, 0.29) is 17.7 Å². The van der Waals surface area contributed by atoms with Crippen LogP contribution in [-0.4, -0.2) is 10.9 Å². The summed E-state index contributed by atoms with van der Waals surface area (Å²) in [6, 6.07) is 13.2. The highest BCUT2D eigenvalue weighted by molar-refractivity contribution is 7.22. The quantitative estimate of drug-likeness (QED) is 0.264. The summed E-state index contributed by atoms with van der Waals surface area (Å²) in [6.45, 7) is 3.64. The molecule has 3 nitrogen and oxygen atoms in total. The standard InChI is InChI=1S/C25H18F6N2OS/c1-14-8-15(2)21-20(9-14)35-23(32-21)33(13-16-6-4-3-5-7-16)22(34)17-10-18(24(26,27)28)12-19(11-17)25(29,30)31/h3-12H,13H2,1-2H3. The average molecular weight is 508 g/mol. The normalized spacial score (nSPS) is 12.2. The van der Waals surface area contributed by atoms with Gasteiger partial charge in [0.2, 0.25) is 0 Å². The highest BCUT2D eigenvalue weighted by Gasteiger charge is 2.38. The van der Waals surface area contributed by atoms with Gasteiger partial charge >= 0.3 is 12.4 Å². The number of fused-ring (bicyclic) bond motifs is 1. The number of hydrogen-bond acceptors (Lipinski definition) is 3. The fraction of sp³-hybridized carbons (Fsp3) is 0.200. The average Bonchev–Trinajstić information content (AvgIpc) is 3.20. The minimum Gasteiger partial charge on any atom is -0.279 e. The highest BCUT2D eigenvalue weighted by Crippen LogP contribution is 2.38. The molecule has 0 radical (unpaired) electrons. The van der Waals surface area contributed by atoms with E-state index in [4.69, 9.17) is 0 Å². The molecule has 0 N–H and O–H groups in total. The second kappa shape index (κ2) is 8.99. The molecule has 0 saturated carbocycles. The van der Waals surface area contributed by atoms with Crippen LogP contribution in [0.25, 0.3) is 10.2 Å². The number of thiazole rings is 1. The molecule has 1 aromatic heterocycles. The number of aromatic nitrogens is 1. The van der Waals surface area contributed by atoms with E-state index in [9.17, 15) is 31.1 Å². The van der Waals surface area contributed by atoms with Crippen LogP contribution in [0.4, 0.5) is 31.5 Å². The van der Waals surface area contributed by atoms with Crippen LogP contribution in [0.15, 0.2) is 60.7 Å². The minimum absolute atomic E-state index is 0.00212. The molecule has 0 aliphatic heterocycles. The predicted octanol–water partition coefficient (Wildman–Crippen LogP) is 7.80. The van der Waals surface area contributed by atoms with Crippen molar-refractivity contribution in [2.75, 3.05) is 4.90 Å². The van der Waals surface area contributed by atoms with E-state index >= 15 is 0 Å². The smallest absolute Gasteiger partial charge is 0.279 e. The number of anilines is 1. The van der Waals surface area contributed by atoms with Crippen molar-refractivity contribution in [3.05, 3.63) is 94.0 Å². The summed E-state index contributed by atoms with van der Waals surface area (Å²) in [6.07, 6.45) is -10.1. The zero-order chi connectivity index (χ0) is 25.5. The van der Waals surface area contributed by atoms with Crippen LogP contribution in [0, 0.1) is 13.8 Å². The number of aryl methyl sites for hydroxylation is 2. The third-order valence-electron chi connectivity index (χ3n) is 5.31. The van der Waals surface area contributed by atoms with Crippen molar-refractivity contribution in [3.8, 4) is 0 Å². The van der Waals surface area contributed by atoms with Gasteiger partial charge in [-0.15, -0.1) is 0 Å². The Kier molecular flexibility index (Phi) is 6.35. The van der Waals surface area contributed by atoms with Gasteiger partial charge in [0.25, 0.3) is 5.91 Å². The molecule has 35 heavy (non-hydrogen) atoms. The summed E-state index contributed by atoms with van der Waals surface area (Å²) in [7, 11) is 0. The lowest BCUT2D eigenvalue weighted by atomic mass is 10.0. The largest absolute Gasteiger partial charge is 0.416 e. The molecule has 0 aliphatic rings. The molecule has 0 aliphatic carbocycles. The molecule has 0 saturated heterocycles. The Morgan fingerprint density at radius 1 is 0.886 bits per heavy atom. The third-order valence-corrected chi connectivity index (χ3v) is 6.34. The maximum absolute atomic E-state index is 13.5. The molecule has 10 heteroatoms. The number of amides is 1. The molecule has 0 fully saturated rings. The van der Waals surface area contributed by atoms with Crippen molar-refractivity contribution in [1.29, 1.82) is 0 Å². The molecule has 4 aromatic rings. The number of hydrogen-bond donors (Lipinski definition) is 0. The predicted molar refractivity (Wildman–Crippen MR) is 122 cm³/mol. The first-order valence-corrected chi connectivity index (χ1v) is 11.2. The number of nitrogens with zero attached hydrogens (tertiary/aromatic N) is 2. The summed E-state index contributed by atoms with van der Waals surface area (Å²) in [4.78, 5) is 19.1. The summed E-state index contributed by atoms with van der Waals surface area (Å²) in [5.41, 5.74) is -0.781. The summed E-state index contributed by atoms with van der Waals surface area (Å²) >= 11 is 1.14. The van der Waals surface area contributed by atoms with Crippen LogP contribution in [0.3, 0.4) is 0 Å². The lowest BCUT2D eigenvalue weighted by Crippen LogP contribution is -2.31. The van der Waals surface area contributed by atoms with Gasteiger partial charge in [-0.05, 0) is 54.8 Å². The summed E-state index contributed by atoms with van der Waals surface area (Å²) in [5, 5.41) is 0.175. The Balaban J connectivity index is 1.87. The van der Waals surface area contributed by atoms with Crippen molar-refractivity contribution in [3.63, 3.8) is 0 Å². The number of carbonyl (C=O) groups excluding carboxylic acids is 1. The van der Waals surface area contributed by atoms with E-state index in [0.29, 0.717) is 23.2 Å². The Hall–Kier alpha value is -3.40. The van der Waals surface area contributed by atoms with E-state index in [2.05, 4.69) is 4.98 Å². The number of alkyl halides is 6. The second-order valence-electron chi connectivity index (χ2n) is 8.10. The first-order valence-electron chi connectivity index (χ1n) is 10.4. The fourth-order valence-corrected chi connectivity index (χ4v) is 4.84. The second-order valence-corrected chi connectivity index (χ2v) is 9.11. The van der Waals surface area contributed by atoms with Gasteiger partial charge in [-0.1, -0.05) is 47.7 Å². The SMILES string of the molecule is Cc1cc(C)c2nc(N(Cc3ccccc3)C(=O)c3cc(C(F)(F)F)cc(C(F)(F)F)c3)sc2c1. The summed E-state index contributed by atoms with van der Waals surface area (Å²) < 4.78 is 81.1. The van der Waals surface area contributed by atoms with Crippen molar-refractivity contribution in [2.45, 2.75) is 32.7 Å². The maximum atomic E-state index is 13.5. The molecule has 4 rings (SSSR count). The number of carbonyl (C=O) groups is 1. The molecule has 0 bridgehead atoms. The van der Waals surface area contributed by atoms with Gasteiger partial charge in [0.1, 0.15) is 0 Å². The Morgan fingerprint density at radius 3 is 2.06 bits per heavy atom. The number of benzene rings is 3. The zero-order valence-corrected chi connectivity index (χ0v) is 19.3. The molecule has 1 heterocycles. The van der Waals surface area contributed by atoms with E-state index in [0.717, 1.165) is 32.1 Å². The molecule has 182 valence electrons. The monoisotopic (exact) mass is 508 g/mol. The minimum atomic E-state index is -5.06. The highest BCUT2D eigenvalue weighted by atomic mass is 32.1. The third kappa shape index (κ3) is 5.32. The van der Waals surface area contributed by atoms with E-state index in [1.165, 1.54) is 0 Å². The van der Waals surface area contributed by atoms with E-state index in [1.54, 1.807) is 30.3 Å². The topological polar surface area (TPSA) is 33.2 Å². The maximum Gasteiger partial charge on any atom is 0.416 e. The molecule has 0 spiro atoms. The lowest BCUT2D eigenvalue weighted by molar-refractivity contribution is -0.143. The van der Waals surface area contributed by atoms with Crippen LogP contribution in [-0.2, 0) is 18.9 Å². The van der Waals surface area contributed by atoms with Gasteiger partial charge < -0.3 is 0 Å². The number of halogens is 6. The molecule has 0 atom stereocenters. The zero-order valence-electron chi connectivity index (χ0n) is 18.5. The van der Waals surface area contributed by atoms with Gasteiger partial charge in [-0.25, -0.2) is 4.98 Å². The number of rotatable bonds is 4. The van der Waals surface area contributed by atoms with Crippen molar-refractivity contribution in [2.24, 2.45) is 0 Å². The van der Waals surface area contributed by atoms with Crippen LogP contribution in [0.2, 0.25) is 0 Å². The van der Waals surface area contributed by atoms with Crippen LogP contribution in [0.5, 0.6) is 0 Å². The van der Waals surface area contributed by atoms with Crippen molar-refractivity contribution in [1.82, 2.24) is 4.98 Å². The van der Waals surface area contributed by atoms with Crippen molar-refractivity contribution >= 4 is 32.6 Å². The van der Waals surface area contributed by atoms with E-state index < -0.39 is 35.0 Å². The van der Waals surface area contributed by atoms with Crippen molar-refractivity contribution < 1.29 is 31.1 Å². The van der Waals surface area contributed by atoms with Crippen LogP contribution < -0.4 is 4.90 Å². The molecular formula is C25H18F6N2OS. The Morgan fingerprint density at radius 2 is 1.49 bits per heavy atom. The van der Waals surface area contributed by atoms with Gasteiger partial charge in [0.05, 0.1) is 27.9 Å². The first kappa shape index (κ1) is 24.7. The fourth-order valence-electron chi connectivity index (χ4n) is 3.70. The van der Waals surface area contributed by atoms with Gasteiger partial charge in [-0.2, -0.15) is 26.3 Å². The van der Waals surface area contributed by atoms with Gasteiger partial charge in [0, 0.05) is 5.56 Å². The Bertz CT molecular complexity index is 1360. The summed E-state index contributed by atoms with van der Waals surface area (Å²) in [5.74, 6) is -1.01.